The van der Waals surface area contributed by atoms with Crippen molar-refractivity contribution in [2.45, 2.75) is 79.7 Å². The average Bonchev–Trinajstić information content (AvgIpc) is 2.67. The molecule has 32 heavy (non-hydrogen) atoms. The maximum absolute atomic E-state index is 12.2. The van der Waals surface area contributed by atoms with Gasteiger partial charge in [0.1, 0.15) is 13.2 Å². The molecule has 3 unspecified atom stereocenters. The van der Waals surface area contributed by atoms with Crippen molar-refractivity contribution in [2.75, 3.05) is 26.4 Å². The van der Waals surface area contributed by atoms with Crippen LogP contribution in [0.15, 0.2) is 12.2 Å². The van der Waals surface area contributed by atoms with E-state index < -0.39 is 12.1 Å². The fourth-order valence-corrected chi connectivity index (χ4v) is 4.36. The second kappa shape index (κ2) is 12.7. The molecule has 0 saturated heterocycles. The zero-order valence-electron chi connectivity index (χ0n) is 20.7. The Kier molecular flexibility index (Phi) is 11.0. The number of esters is 1. The fourth-order valence-electron chi connectivity index (χ4n) is 4.36. The first-order valence-electron chi connectivity index (χ1n) is 11.5. The van der Waals surface area contributed by atoms with Crippen LogP contribution in [-0.2, 0) is 19.0 Å². The minimum atomic E-state index is -0.560. The highest BCUT2D eigenvalue weighted by atomic mass is 16.6. The van der Waals surface area contributed by atoms with Crippen LogP contribution in [0.5, 0.6) is 0 Å². The summed E-state index contributed by atoms with van der Waals surface area (Å²) in [5.74, 6) is 0.0200. The van der Waals surface area contributed by atoms with E-state index in [0.29, 0.717) is 24.6 Å². The minimum absolute atomic E-state index is 0.00397. The molecule has 184 valence electrons. The number of carbonyl (C=O) groups is 3. The molecule has 2 amide bonds. The maximum atomic E-state index is 12.2. The lowest BCUT2D eigenvalue weighted by Gasteiger charge is -2.46. The van der Waals surface area contributed by atoms with Gasteiger partial charge in [0, 0.05) is 18.2 Å². The molecule has 1 saturated carbocycles. The Morgan fingerprint density at radius 2 is 1.66 bits per heavy atom. The molecule has 8 heteroatoms. The van der Waals surface area contributed by atoms with Gasteiger partial charge in [-0.25, -0.2) is 14.4 Å². The van der Waals surface area contributed by atoms with Gasteiger partial charge in [-0.15, -0.1) is 0 Å². The summed E-state index contributed by atoms with van der Waals surface area (Å²) in [5, 5.41) is 5.82. The number of carbonyl (C=O) groups excluding carboxylic acids is 3. The van der Waals surface area contributed by atoms with E-state index in [4.69, 9.17) is 14.2 Å². The van der Waals surface area contributed by atoms with Crippen molar-refractivity contribution in [3.05, 3.63) is 12.2 Å². The molecule has 1 fully saturated rings. The van der Waals surface area contributed by atoms with Gasteiger partial charge in [0.15, 0.2) is 0 Å². The lowest BCUT2D eigenvalue weighted by molar-refractivity contribution is -0.139. The molecule has 8 nitrogen and oxygen atoms in total. The lowest BCUT2D eigenvalue weighted by Crippen LogP contribution is -2.50. The third-order valence-corrected chi connectivity index (χ3v) is 5.86. The molecule has 0 aliphatic heterocycles. The zero-order valence-corrected chi connectivity index (χ0v) is 20.7. The number of rotatable bonds is 11. The van der Waals surface area contributed by atoms with Crippen molar-refractivity contribution < 1.29 is 28.6 Å². The van der Waals surface area contributed by atoms with Crippen LogP contribution in [0.2, 0.25) is 0 Å². The summed E-state index contributed by atoms with van der Waals surface area (Å²) in [6.45, 7) is 16.5. The maximum Gasteiger partial charge on any atom is 0.407 e. The second-order valence-corrected chi connectivity index (χ2v) is 10.2. The largest absolute Gasteiger partial charge is 0.459 e. The van der Waals surface area contributed by atoms with Crippen molar-refractivity contribution in [3.63, 3.8) is 0 Å². The Bertz CT molecular complexity index is 663. The normalized spacial score (nSPS) is 22.9. The molecule has 0 radical (unpaired) electrons. The van der Waals surface area contributed by atoms with Crippen molar-refractivity contribution >= 4 is 18.2 Å². The van der Waals surface area contributed by atoms with Crippen molar-refractivity contribution in [1.29, 1.82) is 0 Å². The number of hydrogen-bond acceptors (Lipinski definition) is 6. The van der Waals surface area contributed by atoms with Crippen molar-refractivity contribution in [1.82, 2.24) is 10.6 Å². The SMILES string of the molecule is C=C(C)C(=O)OCCOC(=O)NCC1(C)CC(NC(=O)OCCC(C)CC)CC(C)(C)C1. The highest BCUT2D eigenvalue weighted by Crippen LogP contribution is 2.45. The van der Waals surface area contributed by atoms with Gasteiger partial charge in [-0.05, 0) is 49.4 Å². The van der Waals surface area contributed by atoms with Gasteiger partial charge < -0.3 is 24.8 Å². The summed E-state index contributed by atoms with van der Waals surface area (Å²) in [7, 11) is 0. The molecule has 2 N–H and O–H groups in total. The number of ether oxygens (including phenoxy) is 3. The van der Waals surface area contributed by atoms with E-state index in [9.17, 15) is 14.4 Å². The topological polar surface area (TPSA) is 103 Å². The Morgan fingerprint density at radius 3 is 2.28 bits per heavy atom. The van der Waals surface area contributed by atoms with Gasteiger partial charge in [0.25, 0.3) is 0 Å². The molecule has 0 bridgehead atoms. The molecule has 3 atom stereocenters. The summed E-state index contributed by atoms with van der Waals surface area (Å²) in [6.07, 6.45) is 3.46. The van der Waals surface area contributed by atoms with Gasteiger partial charge in [-0.1, -0.05) is 47.6 Å². The predicted octanol–water partition coefficient (Wildman–Crippen LogP) is 4.58. The zero-order chi connectivity index (χ0) is 24.4. The smallest absolute Gasteiger partial charge is 0.407 e. The first-order valence-corrected chi connectivity index (χ1v) is 11.5. The van der Waals surface area contributed by atoms with Crippen LogP contribution in [-0.4, -0.2) is 50.6 Å². The first-order chi connectivity index (χ1) is 14.9. The molecule has 1 rings (SSSR count). The highest BCUT2D eigenvalue weighted by Gasteiger charge is 2.42. The molecule has 1 aliphatic carbocycles. The van der Waals surface area contributed by atoms with Crippen LogP contribution in [0.4, 0.5) is 9.59 Å². The second-order valence-electron chi connectivity index (χ2n) is 10.2. The third-order valence-electron chi connectivity index (χ3n) is 5.86. The summed E-state index contributed by atoms with van der Waals surface area (Å²) in [6, 6.07) is -0.0285. The fraction of sp³-hybridized carbons (Fsp3) is 0.792. The van der Waals surface area contributed by atoms with Gasteiger partial charge in [-0.3, -0.25) is 0 Å². The van der Waals surface area contributed by atoms with Gasteiger partial charge in [-0.2, -0.15) is 0 Å². The number of amides is 2. The predicted molar refractivity (Wildman–Crippen MR) is 123 cm³/mol. The molecular formula is C24H42N2O6. The molecule has 0 spiro atoms. The van der Waals surface area contributed by atoms with E-state index >= 15 is 0 Å². The van der Waals surface area contributed by atoms with Crippen molar-refractivity contribution in [2.24, 2.45) is 16.7 Å². The number of hydrogen-bond donors (Lipinski definition) is 2. The first kappa shape index (κ1) is 27.8. The van der Waals surface area contributed by atoms with Crippen LogP contribution >= 0.6 is 0 Å². The summed E-state index contributed by atoms with van der Waals surface area (Å²) < 4.78 is 15.3. The summed E-state index contributed by atoms with van der Waals surface area (Å²) in [4.78, 5) is 35.6. The van der Waals surface area contributed by atoms with E-state index in [2.05, 4.69) is 51.8 Å². The summed E-state index contributed by atoms with van der Waals surface area (Å²) >= 11 is 0. The van der Waals surface area contributed by atoms with Crippen molar-refractivity contribution in [3.8, 4) is 0 Å². The lowest BCUT2D eigenvalue weighted by atomic mass is 9.62. The third kappa shape index (κ3) is 10.9. The standard InChI is InChI=1S/C24H42N2O6/c1-8-18(4)9-10-31-22(29)26-19-13-23(5,6)15-24(7,14-19)16-25-21(28)32-12-11-30-20(27)17(2)3/h18-19H,2,8-16H2,1,3-7H3,(H,25,28)(H,26,29). The van der Waals surface area contributed by atoms with Crippen LogP contribution in [0, 0.1) is 16.7 Å². The Morgan fingerprint density at radius 1 is 1.03 bits per heavy atom. The Labute approximate surface area is 192 Å². The minimum Gasteiger partial charge on any atom is -0.459 e. The van der Waals surface area contributed by atoms with E-state index in [1.165, 1.54) is 0 Å². The van der Waals surface area contributed by atoms with Gasteiger partial charge in [0.05, 0.1) is 6.61 Å². The molecule has 1 aliphatic rings. The summed E-state index contributed by atoms with van der Waals surface area (Å²) in [5.41, 5.74) is 0.0936. The van der Waals surface area contributed by atoms with Crippen LogP contribution in [0.25, 0.3) is 0 Å². The number of nitrogens with one attached hydrogen (secondary N) is 2. The van der Waals surface area contributed by atoms with Gasteiger partial charge >= 0.3 is 18.2 Å². The van der Waals surface area contributed by atoms with E-state index in [0.717, 1.165) is 32.1 Å². The highest BCUT2D eigenvalue weighted by molar-refractivity contribution is 5.86. The molecule has 0 heterocycles. The number of alkyl carbamates (subject to hydrolysis) is 2. The van der Waals surface area contributed by atoms with E-state index in [1.807, 2.05) is 0 Å². The Balaban J connectivity index is 2.46. The average molecular weight is 455 g/mol. The van der Waals surface area contributed by atoms with Crippen LogP contribution in [0.3, 0.4) is 0 Å². The molecular weight excluding hydrogens is 412 g/mol. The van der Waals surface area contributed by atoms with Crippen LogP contribution in [0.1, 0.15) is 73.6 Å². The van der Waals surface area contributed by atoms with Gasteiger partial charge in [0.2, 0.25) is 0 Å². The molecule has 0 aromatic carbocycles. The monoisotopic (exact) mass is 454 g/mol. The van der Waals surface area contributed by atoms with E-state index in [-0.39, 0.29) is 36.2 Å². The molecule has 0 aromatic rings. The van der Waals surface area contributed by atoms with Crippen LogP contribution < -0.4 is 10.6 Å². The quantitative estimate of drug-likeness (QED) is 0.205. The molecule has 0 aromatic heterocycles. The Hall–Kier alpha value is -2.25. The van der Waals surface area contributed by atoms with E-state index in [1.54, 1.807) is 6.92 Å².